The van der Waals surface area contributed by atoms with E-state index in [1.54, 1.807) is 13.8 Å². The number of ketones is 2. The molecule has 6 nitrogen and oxygen atoms in total. The standard InChI is InChI=1S/C21H25NO5/c1-12-6-8-17(9-7-12)26-11-10-18(24)27-16(5)21(25)20-13(2)19(15(4)23)14(3)22-20/h6-9,16,22H,10-11H2,1-5H3/t16-/m1/s1. The van der Waals surface area contributed by atoms with Crippen LogP contribution in [-0.2, 0) is 9.53 Å². The zero-order valence-corrected chi connectivity index (χ0v) is 16.3. The Balaban J connectivity index is 1.90. The number of aromatic nitrogens is 1. The van der Waals surface area contributed by atoms with Crippen LogP contribution in [0, 0.1) is 20.8 Å². The molecular formula is C21H25NO5. The highest BCUT2D eigenvalue weighted by Crippen LogP contribution is 2.20. The minimum absolute atomic E-state index is 0.0347. The summed E-state index contributed by atoms with van der Waals surface area (Å²) >= 11 is 0. The van der Waals surface area contributed by atoms with Gasteiger partial charge in [-0.05, 0) is 52.3 Å². The highest BCUT2D eigenvalue weighted by molar-refractivity contribution is 6.05. The lowest BCUT2D eigenvalue weighted by Crippen LogP contribution is -2.26. The van der Waals surface area contributed by atoms with Gasteiger partial charge in [-0.1, -0.05) is 17.7 Å². The summed E-state index contributed by atoms with van der Waals surface area (Å²) in [4.78, 5) is 39.2. The predicted octanol–water partition coefficient (Wildman–Crippen LogP) is 3.73. The summed E-state index contributed by atoms with van der Waals surface area (Å²) in [6.07, 6.45) is -0.916. The van der Waals surface area contributed by atoms with E-state index in [-0.39, 0.29) is 24.6 Å². The SMILES string of the molecule is CC(=O)c1c(C)[nH]c(C(=O)[C@@H](C)OC(=O)CCOc2ccc(C)cc2)c1C. The first-order valence-corrected chi connectivity index (χ1v) is 8.84. The first kappa shape index (κ1) is 20.4. The van der Waals surface area contributed by atoms with Crippen molar-refractivity contribution in [3.63, 3.8) is 0 Å². The molecule has 1 heterocycles. The average Bonchev–Trinajstić information content (AvgIpc) is 2.90. The number of aromatic amines is 1. The van der Waals surface area contributed by atoms with E-state index in [2.05, 4.69) is 4.98 Å². The van der Waals surface area contributed by atoms with E-state index in [1.807, 2.05) is 31.2 Å². The number of hydrogen-bond donors (Lipinski definition) is 1. The van der Waals surface area contributed by atoms with E-state index >= 15 is 0 Å². The Bertz CT molecular complexity index is 848. The van der Waals surface area contributed by atoms with E-state index < -0.39 is 12.1 Å². The molecule has 1 atom stereocenters. The van der Waals surface area contributed by atoms with Crippen LogP contribution < -0.4 is 4.74 Å². The van der Waals surface area contributed by atoms with Crippen LogP contribution in [0.25, 0.3) is 0 Å². The van der Waals surface area contributed by atoms with Crippen molar-refractivity contribution < 1.29 is 23.9 Å². The molecule has 144 valence electrons. The van der Waals surface area contributed by atoms with Crippen LogP contribution in [0.15, 0.2) is 24.3 Å². The molecule has 27 heavy (non-hydrogen) atoms. The van der Waals surface area contributed by atoms with Gasteiger partial charge in [-0.25, -0.2) is 0 Å². The third-order valence-electron chi connectivity index (χ3n) is 4.31. The summed E-state index contributed by atoms with van der Waals surface area (Å²) in [6.45, 7) is 8.56. The lowest BCUT2D eigenvalue weighted by Gasteiger charge is -2.12. The highest BCUT2D eigenvalue weighted by atomic mass is 16.5. The smallest absolute Gasteiger partial charge is 0.309 e. The van der Waals surface area contributed by atoms with Crippen molar-refractivity contribution in [3.05, 3.63) is 52.3 Å². The second kappa shape index (κ2) is 8.66. The maximum atomic E-state index is 12.6. The van der Waals surface area contributed by atoms with Gasteiger partial charge in [0.2, 0.25) is 5.78 Å². The molecule has 0 bridgehead atoms. The largest absolute Gasteiger partial charge is 0.493 e. The maximum absolute atomic E-state index is 12.6. The fourth-order valence-electron chi connectivity index (χ4n) is 2.92. The molecule has 6 heteroatoms. The zero-order valence-electron chi connectivity index (χ0n) is 16.3. The van der Waals surface area contributed by atoms with Crippen molar-refractivity contribution in [1.82, 2.24) is 4.98 Å². The number of carbonyl (C=O) groups is 3. The molecule has 1 aromatic heterocycles. The van der Waals surface area contributed by atoms with Gasteiger partial charge in [0.1, 0.15) is 5.75 Å². The molecule has 0 saturated heterocycles. The minimum atomic E-state index is -0.951. The third-order valence-corrected chi connectivity index (χ3v) is 4.31. The van der Waals surface area contributed by atoms with E-state index in [9.17, 15) is 14.4 Å². The molecule has 1 aromatic carbocycles. The molecule has 0 aliphatic heterocycles. The lowest BCUT2D eigenvalue weighted by atomic mass is 10.0. The van der Waals surface area contributed by atoms with Gasteiger partial charge in [0.25, 0.3) is 0 Å². The van der Waals surface area contributed by atoms with Crippen molar-refractivity contribution in [3.8, 4) is 5.75 Å². The molecule has 0 radical (unpaired) electrons. The van der Waals surface area contributed by atoms with Gasteiger partial charge in [-0.2, -0.15) is 0 Å². The van der Waals surface area contributed by atoms with E-state index in [0.29, 0.717) is 28.3 Å². The number of hydrogen-bond acceptors (Lipinski definition) is 5. The first-order valence-electron chi connectivity index (χ1n) is 8.84. The fraction of sp³-hybridized carbons (Fsp3) is 0.381. The van der Waals surface area contributed by atoms with Crippen molar-refractivity contribution in [2.45, 2.75) is 47.1 Å². The van der Waals surface area contributed by atoms with Gasteiger partial charge in [0.15, 0.2) is 11.9 Å². The first-order chi connectivity index (χ1) is 12.7. The van der Waals surface area contributed by atoms with Crippen LogP contribution in [0.3, 0.4) is 0 Å². The number of benzene rings is 1. The van der Waals surface area contributed by atoms with Crippen LogP contribution in [-0.4, -0.2) is 35.2 Å². The number of esters is 1. The molecule has 0 amide bonds. The van der Waals surface area contributed by atoms with E-state index in [4.69, 9.17) is 9.47 Å². The number of aryl methyl sites for hydroxylation is 2. The summed E-state index contributed by atoms with van der Waals surface area (Å²) < 4.78 is 10.7. The molecule has 0 fully saturated rings. The zero-order chi connectivity index (χ0) is 20.1. The molecule has 2 rings (SSSR count). The molecule has 0 unspecified atom stereocenters. The monoisotopic (exact) mass is 371 g/mol. The molecule has 0 aliphatic rings. The summed E-state index contributed by atoms with van der Waals surface area (Å²) in [5.74, 6) is -0.323. The number of Topliss-reactive ketones (excluding diaryl/α,β-unsaturated/α-hetero) is 2. The van der Waals surface area contributed by atoms with Crippen molar-refractivity contribution in [2.24, 2.45) is 0 Å². The Morgan fingerprint density at radius 1 is 1.07 bits per heavy atom. The van der Waals surface area contributed by atoms with Gasteiger partial charge >= 0.3 is 5.97 Å². The summed E-state index contributed by atoms with van der Waals surface area (Å²) in [5.41, 5.74) is 3.14. The van der Waals surface area contributed by atoms with Crippen LogP contribution >= 0.6 is 0 Å². The number of H-pyrrole nitrogens is 1. The van der Waals surface area contributed by atoms with Gasteiger partial charge in [0.05, 0.1) is 18.7 Å². The number of ether oxygens (including phenoxy) is 2. The number of rotatable bonds is 8. The summed E-state index contributed by atoms with van der Waals surface area (Å²) in [7, 11) is 0. The molecule has 2 aromatic rings. The van der Waals surface area contributed by atoms with Crippen molar-refractivity contribution in [1.29, 1.82) is 0 Å². The second-order valence-electron chi connectivity index (χ2n) is 6.59. The Hall–Kier alpha value is -2.89. The molecular weight excluding hydrogens is 346 g/mol. The van der Waals surface area contributed by atoms with Crippen LogP contribution in [0.2, 0.25) is 0 Å². The Morgan fingerprint density at radius 3 is 2.26 bits per heavy atom. The number of nitrogens with one attached hydrogen (secondary N) is 1. The normalized spacial score (nSPS) is 11.7. The van der Waals surface area contributed by atoms with Crippen LogP contribution in [0.4, 0.5) is 0 Å². The fourth-order valence-corrected chi connectivity index (χ4v) is 2.92. The average molecular weight is 371 g/mol. The van der Waals surface area contributed by atoms with Crippen molar-refractivity contribution >= 4 is 17.5 Å². The van der Waals surface area contributed by atoms with E-state index in [0.717, 1.165) is 5.56 Å². The van der Waals surface area contributed by atoms with Crippen LogP contribution in [0.1, 0.15) is 57.9 Å². The van der Waals surface area contributed by atoms with Gasteiger partial charge in [0, 0.05) is 11.3 Å². The summed E-state index contributed by atoms with van der Waals surface area (Å²) in [6, 6.07) is 7.50. The molecule has 1 N–H and O–H groups in total. The predicted molar refractivity (Wildman–Crippen MR) is 101 cm³/mol. The Morgan fingerprint density at radius 2 is 1.70 bits per heavy atom. The number of carbonyl (C=O) groups excluding carboxylic acids is 3. The highest BCUT2D eigenvalue weighted by Gasteiger charge is 2.25. The van der Waals surface area contributed by atoms with Crippen molar-refractivity contribution in [2.75, 3.05) is 6.61 Å². The quantitative estimate of drug-likeness (QED) is 0.564. The van der Waals surface area contributed by atoms with Gasteiger partial charge in [-0.15, -0.1) is 0 Å². The molecule has 0 spiro atoms. The second-order valence-corrected chi connectivity index (χ2v) is 6.59. The van der Waals surface area contributed by atoms with Crippen LogP contribution in [0.5, 0.6) is 5.75 Å². The third kappa shape index (κ3) is 5.06. The van der Waals surface area contributed by atoms with Gasteiger partial charge < -0.3 is 14.5 Å². The van der Waals surface area contributed by atoms with Gasteiger partial charge in [-0.3, -0.25) is 14.4 Å². The lowest BCUT2D eigenvalue weighted by molar-refractivity contribution is -0.146. The Labute approximate surface area is 158 Å². The molecule has 0 saturated carbocycles. The molecule has 0 aliphatic carbocycles. The van der Waals surface area contributed by atoms with E-state index in [1.165, 1.54) is 13.8 Å². The minimum Gasteiger partial charge on any atom is -0.493 e. The summed E-state index contributed by atoms with van der Waals surface area (Å²) in [5, 5.41) is 0. The maximum Gasteiger partial charge on any atom is 0.309 e. The topological polar surface area (TPSA) is 85.5 Å². The Kier molecular flexibility index (Phi) is 6.55.